The Morgan fingerprint density at radius 2 is 1.68 bits per heavy atom. The molecule has 0 saturated carbocycles. The number of rotatable bonds is 6. The molecule has 100 valence electrons. The van der Waals surface area contributed by atoms with E-state index in [1.807, 2.05) is 18.2 Å². The number of aromatic nitrogens is 1. The zero-order chi connectivity index (χ0) is 13.5. The van der Waals surface area contributed by atoms with E-state index in [1.54, 1.807) is 0 Å². The number of nitrogens with zero attached hydrogens (tertiary/aromatic N) is 1. The van der Waals surface area contributed by atoms with Gasteiger partial charge in [0.2, 0.25) is 0 Å². The van der Waals surface area contributed by atoms with Gasteiger partial charge in [0.05, 0.1) is 0 Å². The summed E-state index contributed by atoms with van der Waals surface area (Å²) in [6.45, 7) is 6.01. The molecule has 0 aliphatic heterocycles. The van der Waals surface area contributed by atoms with E-state index in [2.05, 4.69) is 53.7 Å². The predicted molar refractivity (Wildman–Crippen MR) is 81.8 cm³/mol. The van der Waals surface area contributed by atoms with Crippen LogP contribution in [-0.4, -0.2) is 18.1 Å². The van der Waals surface area contributed by atoms with Crippen LogP contribution in [0.1, 0.15) is 18.1 Å². The van der Waals surface area contributed by atoms with E-state index in [-0.39, 0.29) is 0 Å². The SMILES string of the molecule is CCNc1cccc(NCCc2ccccc2C)n1. The fraction of sp³-hybridized carbons (Fsp3) is 0.312. The second-order valence-electron chi connectivity index (χ2n) is 4.54. The van der Waals surface area contributed by atoms with E-state index in [0.717, 1.165) is 31.1 Å². The molecule has 3 nitrogen and oxygen atoms in total. The van der Waals surface area contributed by atoms with E-state index < -0.39 is 0 Å². The average Bonchev–Trinajstić information content (AvgIpc) is 2.42. The highest BCUT2D eigenvalue weighted by atomic mass is 15.1. The largest absolute Gasteiger partial charge is 0.370 e. The molecule has 0 atom stereocenters. The molecule has 0 aliphatic rings. The Balaban J connectivity index is 1.89. The van der Waals surface area contributed by atoms with Crippen molar-refractivity contribution >= 4 is 11.6 Å². The molecule has 3 heteroatoms. The van der Waals surface area contributed by atoms with Gasteiger partial charge in [-0.05, 0) is 43.5 Å². The van der Waals surface area contributed by atoms with Crippen LogP contribution in [0, 0.1) is 6.92 Å². The summed E-state index contributed by atoms with van der Waals surface area (Å²) >= 11 is 0. The maximum atomic E-state index is 4.49. The van der Waals surface area contributed by atoms with Gasteiger partial charge in [0.1, 0.15) is 11.6 Å². The van der Waals surface area contributed by atoms with Gasteiger partial charge in [0.15, 0.2) is 0 Å². The zero-order valence-corrected chi connectivity index (χ0v) is 11.6. The lowest BCUT2D eigenvalue weighted by Crippen LogP contribution is -2.08. The number of aryl methyl sites for hydroxylation is 1. The summed E-state index contributed by atoms with van der Waals surface area (Å²) in [7, 11) is 0. The average molecular weight is 255 g/mol. The van der Waals surface area contributed by atoms with Crippen molar-refractivity contribution in [3.8, 4) is 0 Å². The quantitative estimate of drug-likeness (QED) is 0.829. The highest BCUT2D eigenvalue weighted by Crippen LogP contribution is 2.11. The molecule has 2 N–H and O–H groups in total. The highest BCUT2D eigenvalue weighted by molar-refractivity contribution is 5.45. The lowest BCUT2D eigenvalue weighted by molar-refractivity contribution is 0.993. The van der Waals surface area contributed by atoms with Crippen molar-refractivity contribution in [3.63, 3.8) is 0 Å². The minimum Gasteiger partial charge on any atom is -0.370 e. The second-order valence-corrected chi connectivity index (χ2v) is 4.54. The molecule has 2 rings (SSSR count). The van der Waals surface area contributed by atoms with Crippen LogP contribution in [0.4, 0.5) is 11.6 Å². The monoisotopic (exact) mass is 255 g/mol. The number of nitrogens with one attached hydrogen (secondary N) is 2. The minimum absolute atomic E-state index is 0.889. The van der Waals surface area contributed by atoms with Crippen molar-refractivity contribution in [3.05, 3.63) is 53.6 Å². The van der Waals surface area contributed by atoms with Crippen molar-refractivity contribution in [2.75, 3.05) is 23.7 Å². The normalized spacial score (nSPS) is 10.2. The third-order valence-electron chi connectivity index (χ3n) is 3.07. The highest BCUT2D eigenvalue weighted by Gasteiger charge is 1.99. The van der Waals surface area contributed by atoms with Gasteiger partial charge in [-0.25, -0.2) is 4.98 Å². The minimum atomic E-state index is 0.889. The van der Waals surface area contributed by atoms with E-state index in [0.29, 0.717) is 0 Å². The fourth-order valence-corrected chi connectivity index (χ4v) is 2.03. The Labute approximate surface area is 115 Å². The summed E-state index contributed by atoms with van der Waals surface area (Å²) in [6.07, 6.45) is 1.01. The molecule has 0 unspecified atom stereocenters. The zero-order valence-electron chi connectivity index (χ0n) is 11.6. The molecular weight excluding hydrogens is 234 g/mol. The van der Waals surface area contributed by atoms with Crippen LogP contribution in [0.15, 0.2) is 42.5 Å². The van der Waals surface area contributed by atoms with Crippen LogP contribution in [0.25, 0.3) is 0 Å². The maximum Gasteiger partial charge on any atom is 0.128 e. The Kier molecular flexibility index (Phi) is 4.78. The Hall–Kier alpha value is -2.03. The Morgan fingerprint density at radius 1 is 0.947 bits per heavy atom. The molecule has 0 aliphatic carbocycles. The molecule has 0 amide bonds. The van der Waals surface area contributed by atoms with Crippen LogP contribution in [0.3, 0.4) is 0 Å². The van der Waals surface area contributed by atoms with Crippen molar-refractivity contribution in [2.24, 2.45) is 0 Å². The van der Waals surface area contributed by atoms with Gasteiger partial charge in [0, 0.05) is 13.1 Å². The smallest absolute Gasteiger partial charge is 0.128 e. The van der Waals surface area contributed by atoms with E-state index in [1.165, 1.54) is 11.1 Å². The van der Waals surface area contributed by atoms with Gasteiger partial charge in [-0.1, -0.05) is 30.3 Å². The van der Waals surface area contributed by atoms with Crippen LogP contribution < -0.4 is 10.6 Å². The predicted octanol–water partition coefficient (Wildman–Crippen LogP) is 3.48. The Morgan fingerprint density at radius 3 is 2.42 bits per heavy atom. The lowest BCUT2D eigenvalue weighted by Gasteiger charge is -2.09. The van der Waals surface area contributed by atoms with E-state index >= 15 is 0 Å². The maximum absolute atomic E-state index is 4.49. The van der Waals surface area contributed by atoms with Gasteiger partial charge < -0.3 is 10.6 Å². The molecule has 1 aromatic heterocycles. The molecule has 0 saturated heterocycles. The standard InChI is InChI=1S/C16H21N3/c1-3-17-15-9-6-10-16(19-15)18-12-11-14-8-5-4-7-13(14)2/h4-10H,3,11-12H2,1-2H3,(H2,17,18,19). The van der Waals surface area contributed by atoms with Crippen LogP contribution in [0.2, 0.25) is 0 Å². The van der Waals surface area contributed by atoms with Crippen LogP contribution in [-0.2, 0) is 6.42 Å². The number of hydrogen-bond acceptors (Lipinski definition) is 3. The summed E-state index contributed by atoms with van der Waals surface area (Å²) in [4.78, 5) is 4.49. The van der Waals surface area contributed by atoms with Crippen LogP contribution in [0.5, 0.6) is 0 Å². The second kappa shape index (κ2) is 6.78. The van der Waals surface area contributed by atoms with Crippen molar-refractivity contribution < 1.29 is 0 Å². The molecule has 1 heterocycles. The summed E-state index contributed by atoms with van der Waals surface area (Å²) in [6, 6.07) is 14.5. The van der Waals surface area contributed by atoms with Gasteiger partial charge in [-0.3, -0.25) is 0 Å². The number of pyridine rings is 1. The third kappa shape index (κ3) is 3.98. The molecular formula is C16H21N3. The first kappa shape index (κ1) is 13.4. The van der Waals surface area contributed by atoms with Crippen molar-refractivity contribution in [2.45, 2.75) is 20.3 Å². The molecule has 0 radical (unpaired) electrons. The van der Waals surface area contributed by atoms with Crippen molar-refractivity contribution in [1.29, 1.82) is 0 Å². The first-order chi connectivity index (χ1) is 9.29. The molecule has 19 heavy (non-hydrogen) atoms. The van der Waals surface area contributed by atoms with Crippen LogP contribution >= 0.6 is 0 Å². The summed E-state index contributed by atoms with van der Waals surface area (Å²) in [5.41, 5.74) is 2.73. The lowest BCUT2D eigenvalue weighted by atomic mass is 10.1. The molecule has 0 bridgehead atoms. The van der Waals surface area contributed by atoms with Gasteiger partial charge >= 0.3 is 0 Å². The first-order valence-corrected chi connectivity index (χ1v) is 6.79. The summed E-state index contributed by atoms with van der Waals surface area (Å²) < 4.78 is 0. The summed E-state index contributed by atoms with van der Waals surface area (Å²) in [5.74, 6) is 1.84. The third-order valence-corrected chi connectivity index (χ3v) is 3.07. The molecule has 0 fully saturated rings. The van der Waals surface area contributed by atoms with Gasteiger partial charge in [0.25, 0.3) is 0 Å². The van der Waals surface area contributed by atoms with Gasteiger partial charge in [-0.2, -0.15) is 0 Å². The molecule has 2 aromatic rings. The van der Waals surface area contributed by atoms with Gasteiger partial charge in [-0.15, -0.1) is 0 Å². The molecule has 1 aromatic carbocycles. The number of hydrogen-bond donors (Lipinski definition) is 2. The summed E-state index contributed by atoms with van der Waals surface area (Å²) in [5, 5.41) is 6.58. The number of benzene rings is 1. The molecule has 0 spiro atoms. The number of anilines is 2. The van der Waals surface area contributed by atoms with E-state index in [9.17, 15) is 0 Å². The topological polar surface area (TPSA) is 37.0 Å². The first-order valence-electron chi connectivity index (χ1n) is 6.79. The van der Waals surface area contributed by atoms with E-state index in [4.69, 9.17) is 0 Å². The Bertz CT molecular complexity index is 523. The van der Waals surface area contributed by atoms with Crippen molar-refractivity contribution in [1.82, 2.24) is 4.98 Å². The fourth-order valence-electron chi connectivity index (χ4n) is 2.03.